The molecule has 1 N–H and O–H groups in total. The Hall–Kier alpha value is -1.22. The van der Waals surface area contributed by atoms with Crippen LogP contribution in [0.15, 0.2) is 24.3 Å². The highest BCUT2D eigenvalue weighted by Gasteiger charge is 2.14. The van der Waals surface area contributed by atoms with Crippen LogP contribution < -0.4 is 14.8 Å². The second-order valence-corrected chi connectivity index (χ2v) is 3.85. The quantitative estimate of drug-likeness (QED) is 0.815. The van der Waals surface area contributed by atoms with E-state index in [2.05, 4.69) is 5.32 Å². The van der Waals surface area contributed by atoms with Crippen LogP contribution in [0.2, 0.25) is 0 Å². The minimum atomic E-state index is 0.649. The number of methoxy groups -OCH3 is 1. The highest BCUT2D eigenvalue weighted by atomic mass is 16.5. The van der Waals surface area contributed by atoms with Crippen molar-refractivity contribution in [3.05, 3.63) is 24.3 Å². The average molecular weight is 207 g/mol. The lowest BCUT2D eigenvalue weighted by molar-refractivity contribution is 0.259. The lowest BCUT2D eigenvalue weighted by Gasteiger charge is -2.11. The Morgan fingerprint density at radius 1 is 1.40 bits per heavy atom. The molecule has 3 heteroatoms. The lowest BCUT2D eigenvalue weighted by atomic mass is 10.1. The first-order valence-corrected chi connectivity index (χ1v) is 5.36. The molecule has 1 heterocycles. The average Bonchev–Trinajstić information content (AvgIpc) is 2.79. The predicted octanol–water partition coefficient (Wildman–Crippen LogP) is 1.68. The molecule has 0 aliphatic carbocycles. The maximum Gasteiger partial charge on any atom is 0.122 e. The first-order chi connectivity index (χ1) is 7.38. The fourth-order valence-corrected chi connectivity index (χ4v) is 1.76. The number of benzene rings is 1. The van der Waals surface area contributed by atoms with Crippen molar-refractivity contribution in [3.8, 4) is 11.5 Å². The predicted molar refractivity (Wildman–Crippen MR) is 59.5 cm³/mol. The van der Waals surface area contributed by atoms with Gasteiger partial charge in [-0.15, -0.1) is 0 Å². The largest absolute Gasteiger partial charge is 0.497 e. The molecule has 1 saturated heterocycles. The van der Waals surface area contributed by atoms with E-state index in [4.69, 9.17) is 9.47 Å². The van der Waals surface area contributed by atoms with E-state index in [9.17, 15) is 0 Å². The second-order valence-electron chi connectivity index (χ2n) is 3.85. The van der Waals surface area contributed by atoms with E-state index in [1.165, 1.54) is 6.42 Å². The molecule has 1 aliphatic rings. The molecule has 0 unspecified atom stereocenters. The molecule has 3 nitrogen and oxygen atoms in total. The Morgan fingerprint density at radius 3 is 3.00 bits per heavy atom. The number of nitrogens with one attached hydrogen (secondary N) is 1. The van der Waals surface area contributed by atoms with Gasteiger partial charge in [0.2, 0.25) is 0 Å². The summed E-state index contributed by atoms with van der Waals surface area (Å²) in [6.07, 6.45) is 1.21. The third-order valence-electron chi connectivity index (χ3n) is 2.69. The molecule has 2 rings (SSSR count). The van der Waals surface area contributed by atoms with E-state index >= 15 is 0 Å². The SMILES string of the molecule is COc1cccc(OC[C@@H]2CCNC2)c1. The molecule has 1 aliphatic heterocycles. The van der Waals surface area contributed by atoms with E-state index < -0.39 is 0 Å². The number of hydrogen-bond acceptors (Lipinski definition) is 3. The topological polar surface area (TPSA) is 30.5 Å². The van der Waals surface area contributed by atoms with Crippen LogP contribution in [-0.2, 0) is 0 Å². The van der Waals surface area contributed by atoms with Crippen molar-refractivity contribution < 1.29 is 9.47 Å². The summed E-state index contributed by atoms with van der Waals surface area (Å²) in [7, 11) is 1.67. The third-order valence-corrected chi connectivity index (χ3v) is 2.69. The van der Waals surface area contributed by atoms with Gasteiger partial charge in [-0.3, -0.25) is 0 Å². The Labute approximate surface area is 90.4 Å². The molecular formula is C12H17NO2. The summed E-state index contributed by atoms with van der Waals surface area (Å²) in [6.45, 7) is 2.98. The van der Waals surface area contributed by atoms with Crippen molar-refractivity contribution in [1.29, 1.82) is 0 Å². The zero-order valence-corrected chi connectivity index (χ0v) is 9.03. The minimum Gasteiger partial charge on any atom is -0.497 e. The Kier molecular flexibility index (Phi) is 3.45. The van der Waals surface area contributed by atoms with Crippen LogP contribution in [0.1, 0.15) is 6.42 Å². The maximum atomic E-state index is 5.71. The van der Waals surface area contributed by atoms with Crippen molar-refractivity contribution in [2.24, 2.45) is 5.92 Å². The number of ether oxygens (including phenoxy) is 2. The first kappa shape index (κ1) is 10.3. The Morgan fingerprint density at radius 2 is 2.27 bits per heavy atom. The molecule has 0 amide bonds. The standard InChI is InChI=1S/C12H17NO2/c1-14-11-3-2-4-12(7-11)15-9-10-5-6-13-8-10/h2-4,7,10,13H,5-6,8-9H2,1H3/t10-/m1/s1. The van der Waals surface area contributed by atoms with Gasteiger partial charge >= 0.3 is 0 Å². The van der Waals surface area contributed by atoms with Gasteiger partial charge in [0.1, 0.15) is 11.5 Å². The van der Waals surface area contributed by atoms with Gasteiger partial charge in [-0.05, 0) is 25.1 Å². The first-order valence-electron chi connectivity index (χ1n) is 5.36. The normalized spacial score (nSPS) is 20.2. The van der Waals surface area contributed by atoms with Crippen LogP contribution in [0.25, 0.3) is 0 Å². The van der Waals surface area contributed by atoms with E-state index in [1.807, 2.05) is 24.3 Å². The molecule has 0 spiro atoms. The highest BCUT2D eigenvalue weighted by molar-refractivity contribution is 5.32. The van der Waals surface area contributed by atoms with Gasteiger partial charge in [-0.2, -0.15) is 0 Å². The lowest BCUT2D eigenvalue weighted by Crippen LogP contribution is -2.15. The summed E-state index contributed by atoms with van der Waals surface area (Å²) in [6, 6.07) is 7.75. The zero-order valence-electron chi connectivity index (χ0n) is 9.03. The van der Waals surface area contributed by atoms with Crippen LogP contribution in [0.5, 0.6) is 11.5 Å². The third kappa shape index (κ3) is 2.86. The Balaban J connectivity index is 1.86. The molecule has 1 atom stereocenters. The second kappa shape index (κ2) is 5.03. The fourth-order valence-electron chi connectivity index (χ4n) is 1.76. The van der Waals surface area contributed by atoms with Crippen LogP contribution >= 0.6 is 0 Å². The number of hydrogen-bond donors (Lipinski definition) is 1. The van der Waals surface area contributed by atoms with E-state index in [1.54, 1.807) is 7.11 Å². The zero-order chi connectivity index (χ0) is 10.5. The maximum absolute atomic E-state index is 5.71. The van der Waals surface area contributed by atoms with Crippen molar-refractivity contribution in [2.75, 3.05) is 26.8 Å². The molecule has 0 radical (unpaired) electrons. The molecular weight excluding hydrogens is 190 g/mol. The number of rotatable bonds is 4. The summed E-state index contributed by atoms with van der Waals surface area (Å²) in [5.41, 5.74) is 0. The van der Waals surface area contributed by atoms with Gasteiger partial charge in [0.05, 0.1) is 13.7 Å². The van der Waals surface area contributed by atoms with Crippen LogP contribution in [0.4, 0.5) is 0 Å². The summed E-state index contributed by atoms with van der Waals surface area (Å²) >= 11 is 0. The summed E-state index contributed by atoms with van der Waals surface area (Å²) in [5.74, 6) is 2.38. The molecule has 82 valence electrons. The smallest absolute Gasteiger partial charge is 0.122 e. The fraction of sp³-hybridized carbons (Fsp3) is 0.500. The van der Waals surface area contributed by atoms with Gasteiger partial charge < -0.3 is 14.8 Å². The minimum absolute atomic E-state index is 0.649. The van der Waals surface area contributed by atoms with Gasteiger partial charge in [-0.25, -0.2) is 0 Å². The van der Waals surface area contributed by atoms with Crippen LogP contribution in [0.3, 0.4) is 0 Å². The molecule has 1 aromatic carbocycles. The molecule has 1 aromatic rings. The van der Waals surface area contributed by atoms with E-state index in [0.717, 1.165) is 31.2 Å². The molecule has 15 heavy (non-hydrogen) atoms. The van der Waals surface area contributed by atoms with Gasteiger partial charge in [-0.1, -0.05) is 6.07 Å². The van der Waals surface area contributed by atoms with Crippen LogP contribution in [0, 0.1) is 5.92 Å². The summed E-state index contributed by atoms with van der Waals surface area (Å²) < 4.78 is 10.8. The summed E-state index contributed by atoms with van der Waals surface area (Å²) in [5, 5.41) is 3.33. The molecule has 0 bridgehead atoms. The Bertz CT molecular complexity index is 308. The summed E-state index contributed by atoms with van der Waals surface area (Å²) in [4.78, 5) is 0. The van der Waals surface area contributed by atoms with Crippen molar-refractivity contribution >= 4 is 0 Å². The molecule has 0 aromatic heterocycles. The van der Waals surface area contributed by atoms with Gasteiger partial charge in [0, 0.05) is 18.5 Å². The molecule has 1 fully saturated rings. The van der Waals surface area contributed by atoms with Crippen molar-refractivity contribution in [3.63, 3.8) is 0 Å². The van der Waals surface area contributed by atoms with Gasteiger partial charge in [0.15, 0.2) is 0 Å². The van der Waals surface area contributed by atoms with Gasteiger partial charge in [0.25, 0.3) is 0 Å². The molecule has 0 saturated carbocycles. The monoisotopic (exact) mass is 207 g/mol. The van der Waals surface area contributed by atoms with E-state index in [-0.39, 0.29) is 0 Å². The van der Waals surface area contributed by atoms with Crippen LogP contribution in [-0.4, -0.2) is 26.8 Å². The van der Waals surface area contributed by atoms with Crippen molar-refractivity contribution in [1.82, 2.24) is 5.32 Å². The van der Waals surface area contributed by atoms with E-state index in [0.29, 0.717) is 5.92 Å². The highest BCUT2D eigenvalue weighted by Crippen LogP contribution is 2.20. The van der Waals surface area contributed by atoms with Crippen molar-refractivity contribution in [2.45, 2.75) is 6.42 Å².